The highest BCUT2D eigenvalue weighted by Crippen LogP contribution is 2.17. The minimum Gasteiger partial charge on any atom is -0.315 e. The molecule has 1 saturated heterocycles. The Morgan fingerprint density at radius 3 is 2.82 bits per heavy atom. The number of hydrogen-bond acceptors (Lipinski definition) is 4. The summed E-state index contributed by atoms with van der Waals surface area (Å²) < 4.78 is 26.0. The molecule has 1 aromatic heterocycles. The van der Waals surface area contributed by atoms with Crippen molar-refractivity contribution in [3.63, 3.8) is 0 Å². The zero-order chi connectivity index (χ0) is 12.3. The third-order valence-corrected chi connectivity index (χ3v) is 4.74. The maximum absolute atomic E-state index is 12.3. The van der Waals surface area contributed by atoms with Crippen molar-refractivity contribution in [1.29, 1.82) is 0 Å². The summed E-state index contributed by atoms with van der Waals surface area (Å²) in [5, 5.41) is 3.46. The summed E-state index contributed by atoms with van der Waals surface area (Å²) in [5.74, 6) is 0. The van der Waals surface area contributed by atoms with Crippen LogP contribution in [0.5, 0.6) is 0 Å². The van der Waals surface area contributed by atoms with Gasteiger partial charge in [0.25, 0.3) is 0 Å². The molecule has 0 radical (unpaired) electrons. The SMILES string of the molecule is O=S(=O)(c1ccc(Cl)nc1)N1CCCNCC1. The van der Waals surface area contributed by atoms with E-state index in [1.54, 1.807) is 0 Å². The topological polar surface area (TPSA) is 62.3 Å². The summed E-state index contributed by atoms with van der Waals surface area (Å²) >= 11 is 5.64. The number of hydrogen-bond donors (Lipinski definition) is 1. The maximum atomic E-state index is 12.3. The minimum atomic E-state index is -3.43. The Labute approximate surface area is 106 Å². The Balaban J connectivity index is 2.25. The van der Waals surface area contributed by atoms with Crippen LogP contribution in [0, 0.1) is 0 Å². The molecule has 0 amide bonds. The van der Waals surface area contributed by atoms with E-state index in [1.165, 1.54) is 22.6 Å². The molecule has 1 aliphatic heterocycles. The van der Waals surface area contributed by atoms with Crippen LogP contribution in [-0.2, 0) is 10.0 Å². The molecule has 1 aliphatic rings. The fourth-order valence-electron chi connectivity index (χ4n) is 1.73. The van der Waals surface area contributed by atoms with Crippen LogP contribution >= 0.6 is 11.6 Å². The van der Waals surface area contributed by atoms with Crippen LogP contribution in [0.2, 0.25) is 5.15 Å². The minimum absolute atomic E-state index is 0.198. The summed E-state index contributed by atoms with van der Waals surface area (Å²) in [5.41, 5.74) is 0. The number of nitrogens with zero attached hydrogens (tertiary/aromatic N) is 2. The molecule has 17 heavy (non-hydrogen) atoms. The summed E-state index contributed by atoms with van der Waals surface area (Å²) in [7, 11) is -3.43. The lowest BCUT2D eigenvalue weighted by Crippen LogP contribution is -2.34. The lowest BCUT2D eigenvalue weighted by molar-refractivity contribution is 0.431. The van der Waals surface area contributed by atoms with E-state index >= 15 is 0 Å². The first-order valence-electron chi connectivity index (χ1n) is 5.43. The van der Waals surface area contributed by atoms with Crippen LogP contribution in [0.1, 0.15) is 6.42 Å². The van der Waals surface area contributed by atoms with Crippen molar-refractivity contribution in [2.45, 2.75) is 11.3 Å². The Hall–Kier alpha value is -0.690. The summed E-state index contributed by atoms with van der Waals surface area (Å²) in [4.78, 5) is 4.01. The predicted octanol–water partition coefficient (Wildman–Crippen LogP) is 0.719. The van der Waals surface area contributed by atoms with Crippen LogP contribution in [0.25, 0.3) is 0 Å². The first-order chi connectivity index (χ1) is 8.10. The zero-order valence-electron chi connectivity index (χ0n) is 9.26. The second-order valence-electron chi connectivity index (χ2n) is 3.82. The Kier molecular flexibility index (Phi) is 3.98. The van der Waals surface area contributed by atoms with Gasteiger partial charge in [-0.1, -0.05) is 11.6 Å². The van der Waals surface area contributed by atoms with Crippen LogP contribution < -0.4 is 5.32 Å². The quantitative estimate of drug-likeness (QED) is 0.808. The van der Waals surface area contributed by atoms with Gasteiger partial charge in [0.2, 0.25) is 10.0 Å². The van der Waals surface area contributed by atoms with Gasteiger partial charge in [0.05, 0.1) is 0 Å². The molecule has 0 atom stereocenters. The maximum Gasteiger partial charge on any atom is 0.244 e. The van der Waals surface area contributed by atoms with E-state index in [0.29, 0.717) is 24.8 Å². The highest BCUT2D eigenvalue weighted by molar-refractivity contribution is 7.89. The summed E-state index contributed by atoms with van der Waals surface area (Å²) in [6, 6.07) is 2.98. The molecule has 1 aromatic rings. The van der Waals surface area contributed by atoms with E-state index in [0.717, 1.165) is 13.0 Å². The number of nitrogens with one attached hydrogen (secondary N) is 1. The molecule has 0 saturated carbocycles. The number of pyridine rings is 1. The van der Waals surface area contributed by atoms with Crippen LogP contribution in [-0.4, -0.2) is 43.9 Å². The standard InChI is InChI=1S/C10H14ClN3O2S/c11-10-3-2-9(8-13-10)17(15,16)14-6-1-4-12-5-7-14/h2-3,8,12H,1,4-7H2. The van der Waals surface area contributed by atoms with Gasteiger partial charge in [-0.25, -0.2) is 13.4 Å². The van der Waals surface area contributed by atoms with Crippen molar-refractivity contribution in [3.05, 3.63) is 23.5 Å². The second kappa shape index (κ2) is 5.30. The molecule has 2 rings (SSSR count). The van der Waals surface area contributed by atoms with E-state index < -0.39 is 10.0 Å². The van der Waals surface area contributed by atoms with Crippen LogP contribution in [0.15, 0.2) is 23.2 Å². The van der Waals surface area contributed by atoms with Crippen molar-refractivity contribution in [2.24, 2.45) is 0 Å². The molecule has 0 spiro atoms. The summed E-state index contributed by atoms with van der Waals surface area (Å²) in [6.07, 6.45) is 2.12. The van der Waals surface area contributed by atoms with Gasteiger partial charge in [-0.2, -0.15) is 4.31 Å². The van der Waals surface area contributed by atoms with E-state index in [9.17, 15) is 8.42 Å². The molecule has 0 aliphatic carbocycles. The molecule has 2 heterocycles. The van der Waals surface area contributed by atoms with Crippen LogP contribution in [0.4, 0.5) is 0 Å². The molecular weight excluding hydrogens is 262 g/mol. The lowest BCUT2D eigenvalue weighted by Gasteiger charge is -2.19. The fourth-order valence-corrected chi connectivity index (χ4v) is 3.26. The van der Waals surface area contributed by atoms with Gasteiger partial charge in [0.15, 0.2) is 0 Å². The molecule has 5 nitrogen and oxygen atoms in total. The molecule has 0 aromatic carbocycles. The van der Waals surface area contributed by atoms with E-state index in [-0.39, 0.29) is 4.90 Å². The van der Waals surface area contributed by atoms with Gasteiger partial charge in [-0.05, 0) is 25.1 Å². The number of halogens is 1. The highest BCUT2D eigenvalue weighted by Gasteiger charge is 2.25. The molecule has 0 unspecified atom stereocenters. The molecular formula is C10H14ClN3O2S. The molecule has 1 N–H and O–H groups in total. The lowest BCUT2D eigenvalue weighted by atomic mass is 10.4. The van der Waals surface area contributed by atoms with E-state index in [1.807, 2.05) is 0 Å². The van der Waals surface area contributed by atoms with Crippen molar-refractivity contribution < 1.29 is 8.42 Å². The Morgan fingerprint density at radius 2 is 2.12 bits per heavy atom. The number of aromatic nitrogens is 1. The largest absolute Gasteiger partial charge is 0.315 e. The summed E-state index contributed by atoms with van der Waals surface area (Å²) in [6.45, 7) is 2.56. The van der Waals surface area contributed by atoms with Gasteiger partial charge >= 0.3 is 0 Å². The van der Waals surface area contributed by atoms with E-state index in [2.05, 4.69) is 10.3 Å². The fraction of sp³-hybridized carbons (Fsp3) is 0.500. The van der Waals surface area contributed by atoms with Crippen molar-refractivity contribution in [3.8, 4) is 0 Å². The van der Waals surface area contributed by atoms with Gasteiger partial charge < -0.3 is 5.32 Å². The van der Waals surface area contributed by atoms with E-state index in [4.69, 9.17) is 11.6 Å². The van der Waals surface area contributed by atoms with Crippen molar-refractivity contribution in [2.75, 3.05) is 26.2 Å². The first kappa shape index (κ1) is 12.8. The molecule has 0 bridgehead atoms. The Bertz CT molecular complexity index is 467. The normalized spacial score (nSPS) is 18.9. The Morgan fingerprint density at radius 1 is 1.29 bits per heavy atom. The smallest absolute Gasteiger partial charge is 0.244 e. The zero-order valence-corrected chi connectivity index (χ0v) is 10.8. The molecule has 1 fully saturated rings. The second-order valence-corrected chi connectivity index (χ2v) is 6.15. The van der Waals surface area contributed by atoms with Crippen LogP contribution in [0.3, 0.4) is 0 Å². The van der Waals surface area contributed by atoms with Gasteiger partial charge in [0.1, 0.15) is 10.0 Å². The van der Waals surface area contributed by atoms with Gasteiger partial charge in [0, 0.05) is 25.8 Å². The predicted molar refractivity (Wildman–Crippen MR) is 65.5 cm³/mol. The molecule has 94 valence electrons. The average Bonchev–Trinajstić information content (AvgIpc) is 2.58. The third-order valence-electron chi connectivity index (χ3n) is 2.64. The number of sulfonamides is 1. The average molecular weight is 276 g/mol. The highest BCUT2D eigenvalue weighted by atomic mass is 35.5. The van der Waals surface area contributed by atoms with Gasteiger partial charge in [-0.15, -0.1) is 0 Å². The number of rotatable bonds is 2. The monoisotopic (exact) mass is 275 g/mol. The van der Waals surface area contributed by atoms with Crippen molar-refractivity contribution >= 4 is 21.6 Å². The molecule has 7 heteroatoms. The van der Waals surface area contributed by atoms with Gasteiger partial charge in [-0.3, -0.25) is 0 Å². The first-order valence-corrected chi connectivity index (χ1v) is 7.25. The third kappa shape index (κ3) is 2.95. The van der Waals surface area contributed by atoms with Crippen molar-refractivity contribution in [1.82, 2.24) is 14.6 Å².